The van der Waals surface area contributed by atoms with Gasteiger partial charge in [0, 0.05) is 20.2 Å². The van der Waals surface area contributed by atoms with Crippen molar-refractivity contribution in [2.24, 2.45) is 5.41 Å². The summed E-state index contributed by atoms with van der Waals surface area (Å²) in [7, 11) is -1.91. The number of methoxy groups -OCH3 is 1. The molecule has 0 aromatic carbocycles. The Morgan fingerprint density at radius 1 is 1.37 bits per heavy atom. The molecule has 0 bridgehead atoms. The van der Waals surface area contributed by atoms with Crippen LogP contribution in [0.15, 0.2) is 0 Å². The van der Waals surface area contributed by atoms with Gasteiger partial charge in [0.15, 0.2) is 0 Å². The highest BCUT2D eigenvalue weighted by molar-refractivity contribution is 7.89. The predicted molar refractivity (Wildman–Crippen MR) is 68.4 cm³/mol. The van der Waals surface area contributed by atoms with Crippen LogP contribution in [0.4, 0.5) is 0 Å². The average Bonchev–Trinajstić information content (AvgIpc) is 2.74. The molecule has 8 heteroatoms. The molecule has 1 atom stereocenters. The first kappa shape index (κ1) is 16.4. The van der Waals surface area contributed by atoms with Crippen molar-refractivity contribution >= 4 is 16.0 Å². The second-order valence-corrected chi connectivity index (χ2v) is 6.96. The molecule has 112 valence electrons. The third kappa shape index (κ3) is 4.41. The lowest BCUT2D eigenvalue weighted by atomic mass is 9.90. The standard InChI is InChI=1S/C11H21NO6S/c1-11(10(13)14)3-4-12(9-11)19(15,16)8-7-18-6-5-17-2/h3-9H2,1-2H3,(H,13,14). The van der Waals surface area contributed by atoms with E-state index < -0.39 is 21.4 Å². The first-order chi connectivity index (χ1) is 8.82. The molecule has 1 fully saturated rings. The van der Waals surface area contributed by atoms with Gasteiger partial charge in [-0.05, 0) is 13.3 Å². The minimum absolute atomic E-state index is 0.0305. The van der Waals surface area contributed by atoms with E-state index in [0.717, 1.165) is 0 Å². The Labute approximate surface area is 113 Å². The van der Waals surface area contributed by atoms with Crippen molar-refractivity contribution in [3.8, 4) is 0 Å². The number of rotatable bonds is 8. The molecule has 0 spiro atoms. The largest absolute Gasteiger partial charge is 0.481 e. The van der Waals surface area contributed by atoms with E-state index in [4.69, 9.17) is 14.6 Å². The van der Waals surface area contributed by atoms with Crippen molar-refractivity contribution in [3.05, 3.63) is 0 Å². The van der Waals surface area contributed by atoms with Crippen LogP contribution >= 0.6 is 0 Å². The normalized spacial score (nSPS) is 24.7. The van der Waals surface area contributed by atoms with E-state index in [1.165, 1.54) is 11.4 Å². The number of aliphatic carboxylic acids is 1. The van der Waals surface area contributed by atoms with Gasteiger partial charge in [-0.1, -0.05) is 0 Å². The zero-order valence-electron chi connectivity index (χ0n) is 11.3. The molecule has 1 rings (SSSR count). The van der Waals surface area contributed by atoms with Gasteiger partial charge in [0.05, 0.1) is 31.0 Å². The Kier molecular flexibility index (Phi) is 5.72. The number of sulfonamides is 1. The Morgan fingerprint density at radius 3 is 2.58 bits per heavy atom. The zero-order valence-corrected chi connectivity index (χ0v) is 12.1. The van der Waals surface area contributed by atoms with Gasteiger partial charge < -0.3 is 14.6 Å². The zero-order chi connectivity index (χ0) is 14.5. The molecule has 0 aromatic heterocycles. The fourth-order valence-electron chi connectivity index (χ4n) is 1.87. The summed E-state index contributed by atoms with van der Waals surface area (Å²) < 4.78 is 35.1. The Morgan fingerprint density at radius 2 is 2.05 bits per heavy atom. The number of hydrogen-bond donors (Lipinski definition) is 1. The molecule has 7 nitrogen and oxygen atoms in total. The van der Waals surface area contributed by atoms with E-state index in [0.29, 0.717) is 19.6 Å². The fourth-order valence-corrected chi connectivity index (χ4v) is 3.31. The van der Waals surface area contributed by atoms with Crippen molar-refractivity contribution in [2.45, 2.75) is 13.3 Å². The van der Waals surface area contributed by atoms with E-state index in [9.17, 15) is 13.2 Å². The second kappa shape index (κ2) is 6.65. The summed E-state index contributed by atoms with van der Waals surface area (Å²) >= 11 is 0. The molecule has 0 aliphatic carbocycles. The van der Waals surface area contributed by atoms with Gasteiger partial charge in [-0.3, -0.25) is 4.79 Å². The molecule has 0 aromatic rings. The molecule has 1 aliphatic rings. The van der Waals surface area contributed by atoms with Crippen molar-refractivity contribution in [1.29, 1.82) is 0 Å². The summed E-state index contributed by atoms with van der Waals surface area (Å²) in [5, 5.41) is 9.07. The smallest absolute Gasteiger partial charge is 0.310 e. The van der Waals surface area contributed by atoms with Gasteiger partial charge in [0.25, 0.3) is 0 Å². The molecule has 1 N–H and O–H groups in total. The van der Waals surface area contributed by atoms with Crippen molar-refractivity contribution in [1.82, 2.24) is 4.31 Å². The molecular formula is C11H21NO6S. The minimum Gasteiger partial charge on any atom is -0.481 e. The molecule has 19 heavy (non-hydrogen) atoms. The fraction of sp³-hybridized carbons (Fsp3) is 0.909. The number of carboxylic acid groups (broad SMARTS) is 1. The third-order valence-electron chi connectivity index (χ3n) is 3.27. The Balaban J connectivity index is 2.44. The van der Waals surface area contributed by atoms with Gasteiger partial charge in [-0.2, -0.15) is 0 Å². The quantitative estimate of drug-likeness (QED) is 0.622. The minimum atomic E-state index is -3.45. The lowest BCUT2D eigenvalue weighted by Crippen LogP contribution is -2.36. The summed E-state index contributed by atoms with van der Waals surface area (Å²) in [6.45, 7) is 2.71. The van der Waals surface area contributed by atoms with E-state index in [2.05, 4.69) is 0 Å². The average molecular weight is 295 g/mol. The van der Waals surface area contributed by atoms with Crippen molar-refractivity contribution in [2.75, 3.05) is 45.8 Å². The van der Waals surface area contributed by atoms with Crippen LogP contribution in [0.3, 0.4) is 0 Å². The van der Waals surface area contributed by atoms with Crippen LogP contribution in [-0.4, -0.2) is 69.6 Å². The Bertz CT molecular complexity index is 409. The lowest BCUT2D eigenvalue weighted by molar-refractivity contribution is -0.146. The SMILES string of the molecule is COCCOCCS(=O)(=O)N1CCC(C)(C(=O)O)C1. The summed E-state index contributed by atoms with van der Waals surface area (Å²) in [6, 6.07) is 0. The molecule has 1 aliphatic heterocycles. The van der Waals surface area contributed by atoms with Gasteiger partial charge in [0.1, 0.15) is 0 Å². The van der Waals surface area contributed by atoms with Crippen LogP contribution in [0, 0.1) is 5.41 Å². The van der Waals surface area contributed by atoms with Gasteiger partial charge >= 0.3 is 5.97 Å². The van der Waals surface area contributed by atoms with Crippen LogP contribution in [0.25, 0.3) is 0 Å². The first-order valence-electron chi connectivity index (χ1n) is 6.10. The first-order valence-corrected chi connectivity index (χ1v) is 7.71. The van der Waals surface area contributed by atoms with Crippen LogP contribution in [0.5, 0.6) is 0 Å². The maximum absolute atomic E-state index is 12.0. The summed E-state index contributed by atoms with van der Waals surface area (Å²) in [5.74, 6) is -1.09. The number of carboxylic acids is 1. The van der Waals surface area contributed by atoms with E-state index in [1.54, 1.807) is 6.92 Å². The Hall–Kier alpha value is -0.700. The highest BCUT2D eigenvalue weighted by atomic mass is 32.2. The second-order valence-electron chi connectivity index (χ2n) is 4.87. The van der Waals surface area contributed by atoms with Gasteiger partial charge in [-0.25, -0.2) is 12.7 Å². The monoisotopic (exact) mass is 295 g/mol. The van der Waals surface area contributed by atoms with Crippen LogP contribution in [0.1, 0.15) is 13.3 Å². The molecule has 1 unspecified atom stereocenters. The van der Waals surface area contributed by atoms with Crippen LogP contribution < -0.4 is 0 Å². The molecular weight excluding hydrogens is 274 g/mol. The number of carbonyl (C=O) groups is 1. The maximum atomic E-state index is 12.0. The predicted octanol–water partition coefficient (Wildman–Crippen LogP) is -0.224. The molecule has 1 saturated heterocycles. The molecule has 0 radical (unpaired) electrons. The van der Waals surface area contributed by atoms with Gasteiger partial charge in [0.2, 0.25) is 10.0 Å². The number of hydrogen-bond acceptors (Lipinski definition) is 5. The topological polar surface area (TPSA) is 93.1 Å². The molecule has 0 saturated carbocycles. The maximum Gasteiger partial charge on any atom is 0.310 e. The number of nitrogens with zero attached hydrogens (tertiary/aromatic N) is 1. The van der Waals surface area contributed by atoms with E-state index in [1.807, 2.05) is 0 Å². The molecule has 1 heterocycles. The summed E-state index contributed by atoms with van der Waals surface area (Å²) in [6.07, 6.45) is 0.339. The van der Waals surface area contributed by atoms with E-state index >= 15 is 0 Å². The lowest BCUT2D eigenvalue weighted by Gasteiger charge is -2.20. The van der Waals surface area contributed by atoms with Gasteiger partial charge in [-0.15, -0.1) is 0 Å². The molecule has 0 amide bonds. The number of ether oxygens (including phenoxy) is 2. The third-order valence-corrected chi connectivity index (χ3v) is 5.05. The van der Waals surface area contributed by atoms with Crippen LogP contribution in [-0.2, 0) is 24.3 Å². The van der Waals surface area contributed by atoms with Crippen molar-refractivity contribution in [3.63, 3.8) is 0 Å². The van der Waals surface area contributed by atoms with Crippen molar-refractivity contribution < 1.29 is 27.8 Å². The summed E-state index contributed by atoms with van der Waals surface area (Å²) in [5.41, 5.74) is -0.982. The highest BCUT2D eigenvalue weighted by Crippen LogP contribution is 2.31. The van der Waals surface area contributed by atoms with E-state index in [-0.39, 0.29) is 25.4 Å². The highest BCUT2D eigenvalue weighted by Gasteiger charge is 2.44. The summed E-state index contributed by atoms with van der Waals surface area (Å²) in [4.78, 5) is 11.1. The van der Waals surface area contributed by atoms with Crippen LogP contribution in [0.2, 0.25) is 0 Å².